The minimum atomic E-state index is -0.310. The molecule has 1 atom stereocenters. The maximum Gasteiger partial charge on any atom is 0.244 e. The van der Waals surface area contributed by atoms with Gasteiger partial charge in [0.05, 0.1) is 10.8 Å². The van der Waals surface area contributed by atoms with Crippen LogP contribution in [0.3, 0.4) is 0 Å². The largest absolute Gasteiger partial charge is 0.283 e. The summed E-state index contributed by atoms with van der Waals surface area (Å²) in [5.74, 6) is 0.101. The normalized spacial score (nSPS) is 13.9. The molecule has 1 unspecified atom stereocenters. The predicted octanol–water partition coefficient (Wildman–Crippen LogP) is 7.25. The zero-order valence-electron chi connectivity index (χ0n) is 20.8. The van der Waals surface area contributed by atoms with Crippen LogP contribution in [-0.4, -0.2) is 30.9 Å². The van der Waals surface area contributed by atoms with E-state index in [0.29, 0.717) is 11.6 Å². The third-order valence-electron chi connectivity index (χ3n) is 7.05. The van der Waals surface area contributed by atoms with Crippen LogP contribution in [0.15, 0.2) is 90.1 Å². The molecule has 1 aliphatic rings. The average Bonchev–Trinajstić information content (AvgIpc) is 3.31. The van der Waals surface area contributed by atoms with Crippen molar-refractivity contribution in [2.24, 2.45) is 0 Å². The van der Waals surface area contributed by atoms with Crippen molar-refractivity contribution in [1.82, 2.24) is 19.7 Å². The van der Waals surface area contributed by atoms with Crippen molar-refractivity contribution in [3.05, 3.63) is 96.2 Å². The number of rotatable bonds is 6. The number of hydrogen-bond donors (Lipinski definition) is 0. The molecule has 37 heavy (non-hydrogen) atoms. The third kappa shape index (κ3) is 4.46. The molecule has 0 radical (unpaired) electrons. The van der Waals surface area contributed by atoms with Crippen molar-refractivity contribution in [2.75, 3.05) is 0 Å². The highest BCUT2D eigenvalue weighted by molar-refractivity contribution is 8.00. The zero-order valence-corrected chi connectivity index (χ0v) is 21.6. The summed E-state index contributed by atoms with van der Waals surface area (Å²) in [6.45, 7) is 2.05. The molecule has 3 aromatic carbocycles. The van der Waals surface area contributed by atoms with Crippen molar-refractivity contribution < 1.29 is 4.79 Å². The molecule has 6 rings (SSSR count). The fraction of sp³-hybridized carbons (Fsp3) is 0.226. The lowest BCUT2D eigenvalue weighted by atomic mass is 9.95. The Morgan fingerprint density at radius 1 is 0.838 bits per heavy atom. The molecule has 0 spiro atoms. The van der Waals surface area contributed by atoms with Crippen molar-refractivity contribution in [3.63, 3.8) is 0 Å². The number of carbonyl (C=O) groups is 1. The van der Waals surface area contributed by atoms with Crippen LogP contribution in [0.25, 0.3) is 33.4 Å². The van der Waals surface area contributed by atoms with Crippen molar-refractivity contribution >= 4 is 28.6 Å². The van der Waals surface area contributed by atoms with E-state index in [1.54, 1.807) is 0 Å². The van der Waals surface area contributed by atoms with Gasteiger partial charge in [0.25, 0.3) is 0 Å². The van der Waals surface area contributed by atoms with Gasteiger partial charge in [0, 0.05) is 22.2 Å². The number of hydrogen-bond acceptors (Lipinski definition) is 5. The van der Waals surface area contributed by atoms with Crippen LogP contribution in [0.4, 0.5) is 0 Å². The molecule has 0 N–H and O–H groups in total. The van der Waals surface area contributed by atoms with E-state index in [0.717, 1.165) is 47.3 Å². The predicted molar refractivity (Wildman–Crippen MR) is 150 cm³/mol. The maximum atomic E-state index is 14.0. The number of aryl methyl sites for hydroxylation is 1. The average molecular weight is 505 g/mol. The van der Waals surface area contributed by atoms with Gasteiger partial charge in [-0.1, -0.05) is 97.5 Å². The molecule has 184 valence electrons. The van der Waals surface area contributed by atoms with E-state index in [-0.39, 0.29) is 11.2 Å². The molecule has 0 bridgehead atoms. The van der Waals surface area contributed by atoms with Gasteiger partial charge in [-0.15, -0.1) is 10.2 Å². The second-order valence-corrected chi connectivity index (χ2v) is 10.5. The van der Waals surface area contributed by atoms with Gasteiger partial charge >= 0.3 is 0 Å². The van der Waals surface area contributed by atoms with Crippen LogP contribution >= 0.6 is 11.8 Å². The third-order valence-corrected chi connectivity index (χ3v) is 8.26. The SMILES string of the molecule is CCC(Sc1nnc(-c2ccccc2)c(-c2ccccc2)n1)C(=O)n1c2c(c3ccccc31)CCCC2. The number of aromatic nitrogens is 4. The Morgan fingerprint density at radius 2 is 1.49 bits per heavy atom. The lowest BCUT2D eigenvalue weighted by molar-refractivity contribution is 0.0910. The molecule has 0 saturated heterocycles. The summed E-state index contributed by atoms with van der Waals surface area (Å²) in [4.78, 5) is 19.0. The molecular weight excluding hydrogens is 476 g/mol. The summed E-state index contributed by atoms with van der Waals surface area (Å²) in [5.41, 5.74) is 6.99. The Morgan fingerprint density at radius 3 is 2.22 bits per heavy atom. The molecule has 2 heterocycles. The first kappa shape index (κ1) is 23.6. The van der Waals surface area contributed by atoms with E-state index < -0.39 is 0 Å². The Labute approximate surface area is 221 Å². The molecule has 0 saturated carbocycles. The smallest absolute Gasteiger partial charge is 0.244 e. The van der Waals surface area contributed by atoms with E-state index >= 15 is 0 Å². The highest BCUT2D eigenvalue weighted by atomic mass is 32.2. The monoisotopic (exact) mass is 504 g/mol. The van der Waals surface area contributed by atoms with E-state index in [9.17, 15) is 4.79 Å². The Bertz CT molecular complexity index is 1560. The van der Waals surface area contributed by atoms with Crippen LogP contribution in [0.2, 0.25) is 0 Å². The van der Waals surface area contributed by atoms with Crippen molar-refractivity contribution in [3.8, 4) is 22.5 Å². The lowest BCUT2D eigenvalue weighted by Gasteiger charge is -2.19. The quantitative estimate of drug-likeness (QED) is 0.228. The number of thioether (sulfide) groups is 1. The highest BCUT2D eigenvalue weighted by Gasteiger charge is 2.29. The van der Waals surface area contributed by atoms with Crippen LogP contribution in [-0.2, 0) is 12.8 Å². The molecule has 5 aromatic rings. The minimum Gasteiger partial charge on any atom is -0.283 e. The van der Waals surface area contributed by atoms with Crippen LogP contribution in [0.5, 0.6) is 0 Å². The highest BCUT2D eigenvalue weighted by Crippen LogP contribution is 2.35. The standard InChI is InChI=1S/C31H28N4OS/c1-2-27(30(36)35-25-19-11-9-17-23(25)24-18-10-12-20-26(24)35)37-31-32-28(21-13-5-3-6-14-21)29(33-34-31)22-15-7-4-8-16-22/h3-9,11,13-17,19,27H,2,10,12,18,20H2,1H3. The van der Waals surface area contributed by atoms with E-state index in [2.05, 4.69) is 35.3 Å². The van der Waals surface area contributed by atoms with Crippen molar-refractivity contribution in [2.45, 2.75) is 49.4 Å². The molecule has 0 fully saturated rings. The fourth-order valence-corrected chi connectivity index (χ4v) is 6.13. The van der Waals surface area contributed by atoms with Gasteiger partial charge in [-0.2, -0.15) is 0 Å². The minimum absolute atomic E-state index is 0.101. The summed E-state index contributed by atoms with van der Waals surface area (Å²) in [5, 5.41) is 10.5. The molecule has 2 aromatic heterocycles. The fourth-order valence-electron chi connectivity index (χ4n) is 5.28. The zero-order chi connectivity index (χ0) is 25.2. The van der Waals surface area contributed by atoms with Crippen molar-refractivity contribution in [1.29, 1.82) is 0 Å². The second kappa shape index (κ2) is 10.3. The first-order valence-corrected chi connectivity index (χ1v) is 13.8. The molecule has 1 aliphatic carbocycles. The van der Waals surface area contributed by atoms with E-state index in [1.165, 1.54) is 34.8 Å². The number of nitrogens with zero attached hydrogens (tertiary/aromatic N) is 4. The van der Waals surface area contributed by atoms with Gasteiger partial charge in [-0.25, -0.2) is 4.98 Å². The molecule has 6 heteroatoms. The van der Waals surface area contributed by atoms with Crippen LogP contribution in [0, 0.1) is 0 Å². The van der Waals surface area contributed by atoms with E-state index in [1.807, 2.05) is 71.3 Å². The Hall–Kier alpha value is -3.77. The summed E-state index contributed by atoms with van der Waals surface area (Å²) in [6.07, 6.45) is 4.95. The number of carbonyl (C=O) groups excluding carboxylic acids is 1. The van der Waals surface area contributed by atoms with Gasteiger partial charge in [0.1, 0.15) is 11.4 Å². The molecule has 0 aliphatic heterocycles. The lowest BCUT2D eigenvalue weighted by Crippen LogP contribution is -2.26. The first-order chi connectivity index (χ1) is 18.2. The summed E-state index contributed by atoms with van der Waals surface area (Å²) >= 11 is 1.41. The molecular formula is C31H28N4OS. The molecule has 0 amide bonds. The maximum absolute atomic E-state index is 14.0. The van der Waals surface area contributed by atoms with Crippen LogP contribution in [0.1, 0.15) is 42.2 Å². The van der Waals surface area contributed by atoms with Crippen LogP contribution < -0.4 is 0 Å². The van der Waals surface area contributed by atoms with Gasteiger partial charge in [0.2, 0.25) is 11.1 Å². The van der Waals surface area contributed by atoms with Gasteiger partial charge < -0.3 is 0 Å². The van der Waals surface area contributed by atoms with Gasteiger partial charge in [0.15, 0.2) is 0 Å². The first-order valence-electron chi connectivity index (χ1n) is 12.9. The second-order valence-electron chi connectivity index (χ2n) is 9.36. The Balaban J connectivity index is 1.38. The summed E-state index contributed by atoms with van der Waals surface area (Å²) in [6, 6.07) is 28.4. The topological polar surface area (TPSA) is 60.7 Å². The van der Waals surface area contributed by atoms with E-state index in [4.69, 9.17) is 4.98 Å². The van der Waals surface area contributed by atoms with Gasteiger partial charge in [-0.05, 0) is 43.7 Å². The number of para-hydroxylation sites is 1. The molecule has 5 nitrogen and oxygen atoms in total. The summed E-state index contributed by atoms with van der Waals surface area (Å²) < 4.78 is 1.98. The Kier molecular flexibility index (Phi) is 6.58. The number of fused-ring (bicyclic) bond motifs is 3. The van der Waals surface area contributed by atoms with Gasteiger partial charge in [-0.3, -0.25) is 9.36 Å². The summed E-state index contributed by atoms with van der Waals surface area (Å²) in [7, 11) is 0. The number of benzene rings is 3.